The SMILES string of the molecule is CCOc1cc(N2CCOCC2)c(OCC)cc1NC(=O)c1csc(-c2ccc(C)cc2)n1. The Bertz CT molecular complexity index is 1090. The van der Waals surface area contributed by atoms with Crippen molar-refractivity contribution < 1.29 is 19.0 Å². The molecule has 0 bridgehead atoms. The first kappa shape index (κ1) is 23.1. The van der Waals surface area contributed by atoms with E-state index in [-0.39, 0.29) is 5.91 Å². The average Bonchev–Trinajstić information content (AvgIpc) is 3.32. The topological polar surface area (TPSA) is 72.9 Å². The van der Waals surface area contributed by atoms with Gasteiger partial charge in [-0.3, -0.25) is 4.79 Å². The molecule has 0 radical (unpaired) electrons. The molecule has 0 spiro atoms. The zero-order valence-electron chi connectivity index (χ0n) is 19.2. The zero-order chi connectivity index (χ0) is 23.2. The van der Waals surface area contributed by atoms with Crippen LogP contribution in [0, 0.1) is 6.92 Å². The number of benzene rings is 2. The molecule has 0 unspecified atom stereocenters. The summed E-state index contributed by atoms with van der Waals surface area (Å²) in [6, 6.07) is 11.9. The zero-order valence-corrected chi connectivity index (χ0v) is 20.0. The molecule has 1 aromatic heterocycles. The van der Waals surface area contributed by atoms with Crippen LogP contribution in [0.5, 0.6) is 11.5 Å². The Morgan fingerprint density at radius 1 is 1.09 bits per heavy atom. The summed E-state index contributed by atoms with van der Waals surface area (Å²) in [5.74, 6) is 1.02. The quantitative estimate of drug-likeness (QED) is 0.502. The van der Waals surface area contributed by atoms with Crippen LogP contribution < -0.4 is 19.7 Å². The minimum atomic E-state index is -0.285. The number of anilines is 2. The fourth-order valence-corrected chi connectivity index (χ4v) is 4.44. The molecule has 8 heteroatoms. The van der Waals surface area contributed by atoms with Gasteiger partial charge in [-0.2, -0.15) is 0 Å². The first-order chi connectivity index (χ1) is 16.1. The highest BCUT2D eigenvalue weighted by Gasteiger charge is 2.21. The second-order valence-electron chi connectivity index (χ2n) is 7.64. The number of nitrogens with zero attached hydrogens (tertiary/aromatic N) is 2. The van der Waals surface area contributed by atoms with E-state index in [4.69, 9.17) is 14.2 Å². The Morgan fingerprint density at radius 3 is 2.48 bits per heavy atom. The Hall–Kier alpha value is -3.10. The molecular formula is C25H29N3O4S. The lowest BCUT2D eigenvalue weighted by molar-refractivity contribution is 0.102. The van der Waals surface area contributed by atoms with Gasteiger partial charge in [0.1, 0.15) is 22.2 Å². The van der Waals surface area contributed by atoms with Crippen molar-refractivity contribution in [2.24, 2.45) is 0 Å². The summed E-state index contributed by atoms with van der Waals surface area (Å²) in [6.45, 7) is 9.79. The molecule has 7 nitrogen and oxygen atoms in total. The van der Waals surface area contributed by atoms with Crippen molar-refractivity contribution >= 4 is 28.6 Å². The van der Waals surface area contributed by atoms with Crippen LogP contribution in [0.3, 0.4) is 0 Å². The summed E-state index contributed by atoms with van der Waals surface area (Å²) in [7, 11) is 0. The summed E-state index contributed by atoms with van der Waals surface area (Å²) in [5.41, 5.74) is 4.05. The van der Waals surface area contributed by atoms with Crippen molar-refractivity contribution in [3.05, 3.63) is 53.0 Å². The van der Waals surface area contributed by atoms with Crippen LogP contribution in [-0.4, -0.2) is 50.4 Å². The Morgan fingerprint density at radius 2 is 1.79 bits per heavy atom. The molecule has 1 fully saturated rings. The smallest absolute Gasteiger partial charge is 0.275 e. The molecule has 3 aromatic rings. The van der Waals surface area contributed by atoms with Crippen LogP contribution in [-0.2, 0) is 4.74 Å². The van der Waals surface area contributed by atoms with Crippen LogP contribution >= 0.6 is 11.3 Å². The lowest BCUT2D eigenvalue weighted by atomic mass is 10.2. The molecule has 0 atom stereocenters. The number of hydrogen-bond acceptors (Lipinski definition) is 7. The number of amides is 1. The van der Waals surface area contributed by atoms with Gasteiger partial charge in [-0.1, -0.05) is 29.8 Å². The predicted molar refractivity (Wildman–Crippen MR) is 132 cm³/mol. The number of aromatic nitrogens is 1. The van der Waals surface area contributed by atoms with Crippen molar-refractivity contribution in [1.29, 1.82) is 0 Å². The minimum Gasteiger partial charge on any atom is -0.492 e. The highest BCUT2D eigenvalue weighted by molar-refractivity contribution is 7.13. The molecule has 2 aromatic carbocycles. The van der Waals surface area contributed by atoms with Crippen molar-refractivity contribution in [2.75, 3.05) is 49.7 Å². The van der Waals surface area contributed by atoms with Crippen molar-refractivity contribution in [2.45, 2.75) is 20.8 Å². The third kappa shape index (κ3) is 5.46. The van der Waals surface area contributed by atoms with Gasteiger partial charge in [-0.25, -0.2) is 4.98 Å². The predicted octanol–water partition coefficient (Wildman–Crippen LogP) is 5.00. The molecule has 1 N–H and O–H groups in total. The van der Waals surface area contributed by atoms with Crippen LogP contribution in [0.4, 0.5) is 11.4 Å². The number of morpholine rings is 1. The van der Waals surface area contributed by atoms with E-state index < -0.39 is 0 Å². The van der Waals surface area contributed by atoms with Gasteiger partial charge in [0.05, 0.1) is 37.8 Å². The van der Waals surface area contributed by atoms with E-state index in [1.165, 1.54) is 16.9 Å². The summed E-state index contributed by atoms with van der Waals surface area (Å²) in [4.78, 5) is 19.8. The van der Waals surface area contributed by atoms with Gasteiger partial charge in [-0.05, 0) is 20.8 Å². The largest absolute Gasteiger partial charge is 0.492 e. The number of carbonyl (C=O) groups excluding carboxylic acids is 1. The maximum Gasteiger partial charge on any atom is 0.275 e. The highest BCUT2D eigenvalue weighted by atomic mass is 32.1. The summed E-state index contributed by atoms with van der Waals surface area (Å²) < 4.78 is 17.3. The van der Waals surface area contributed by atoms with Gasteiger partial charge in [0.15, 0.2) is 0 Å². The summed E-state index contributed by atoms with van der Waals surface area (Å²) in [6.07, 6.45) is 0. The van der Waals surface area contributed by atoms with Gasteiger partial charge in [0, 0.05) is 36.2 Å². The van der Waals surface area contributed by atoms with Crippen LogP contribution in [0.1, 0.15) is 29.9 Å². The Balaban J connectivity index is 1.60. The van der Waals surface area contributed by atoms with E-state index >= 15 is 0 Å². The first-order valence-electron chi connectivity index (χ1n) is 11.2. The number of hydrogen-bond donors (Lipinski definition) is 1. The van der Waals surface area contributed by atoms with E-state index in [2.05, 4.69) is 15.2 Å². The minimum absolute atomic E-state index is 0.285. The number of rotatable bonds is 8. The molecule has 0 aliphatic carbocycles. The van der Waals surface area contributed by atoms with Gasteiger partial charge in [0.25, 0.3) is 5.91 Å². The van der Waals surface area contributed by atoms with Gasteiger partial charge < -0.3 is 24.4 Å². The third-order valence-corrected chi connectivity index (χ3v) is 6.19. The van der Waals surface area contributed by atoms with Crippen molar-refractivity contribution in [3.63, 3.8) is 0 Å². The van der Waals surface area contributed by atoms with E-state index in [0.29, 0.717) is 49.3 Å². The summed E-state index contributed by atoms with van der Waals surface area (Å²) in [5, 5.41) is 5.55. The molecule has 33 heavy (non-hydrogen) atoms. The van der Waals surface area contributed by atoms with Crippen LogP contribution in [0.15, 0.2) is 41.8 Å². The normalized spacial score (nSPS) is 13.6. The monoisotopic (exact) mass is 467 g/mol. The fourth-order valence-electron chi connectivity index (χ4n) is 3.64. The molecule has 1 amide bonds. The number of nitrogens with one attached hydrogen (secondary N) is 1. The van der Waals surface area contributed by atoms with E-state index in [1.807, 2.05) is 57.2 Å². The lowest BCUT2D eigenvalue weighted by Gasteiger charge is -2.31. The molecule has 2 heterocycles. The second kappa shape index (κ2) is 10.7. The third-order valence-electron chi connectivity index (χ3n) is 5.30. The van der Waals surface area contributed by atoms with Gasteiger partial charge in [0.2, 0.25) is 0 Å². The molecule has 174 valence electrons. The molecular weight excluding hydrogens is 438 g/mol. The van der Waals surface area contributed by atoms with Crippen molar-refractivity contribution in [3.8, 4) is 22.1 Å². The van der Waals surface area contributed by atoms with E-state index in [1.54, 1.807) is 5.38 Å². The maximum atomic E-state index is 13.0. The Labute approximate surface area is 198 Å². The maximum absolute atomic E-state index is 13.0. The Kier molecular flexibility index (Phi) is 7.47. The molecule has 4 rings (SSSR count). The van der Waals surface area contributed by atoms with E-state index in [9.17, 15) is 4.79 Å². The van der Waals surface area contributed by atoms with Crippen LogP contribution in [0.25, 0.3) is 10.6 Å². The van der Waals surface area contributed by atoms with Crippen molar-refractivity contribution in [1.82, 2.24) is 4.98 Å². The lowest BCUT2D eigenvalue weighted by Crippen LogP contribution is -2.36. The number of carbonyl (C=O) groups is 1. The number of aryl methyl sites for hydroxylation is 1. The second-order valence-corrected chi connectivity index (χ2v) is 8.50. The van der Waals surface area contributed by atoms with Gasteiger partial charge in [-0.15, -0.1) is 11.3 Å². The molecule has 1 aliphatic rings. The van der Waals surface area contributed by atoms with E-state index in [0.717, 1.165) is 29.3 Å². The van der Waals surface area contributed by atoms with Crippen LogP contribution in [0.2, 0.25) is 0 Å². The van der Waals surface area contributed by atoms with Gasteiger partial charge >= 0.3 is 0 Å². The number of thiazole rings is 1. The molecule has 1 saturated heterocycles. The summed E-state index contributed by atoms with van der Waals surface area (Å²) >= 11 is 1.45. The highest BCUT2D eigenvalue weighted by Crippen LogP contribution is 2.39. The number of ether oxygens (including phenoxy) is 3. The first-order valence-corrected chi connectivity index (χ1v) is 12.1. The fraction of sp³-hybridized carbons (Fsp3) is 0.360. The molecule has 1 aliphatic heterocycles. The molecule has 0 saturated carbocycles. The standard InChI is InChI=1S/C25H29N3O4S/c1-4-31-22-15-21(28-10-12-30-13-11-28)23(32-5-2)14-19(22)26-24(29)20-16-33-25(27-20)18-8-6-17(3)7-9-18/h6-9,14-16H,4-5,10-13H2,1-3H3,(H,26,29). The average molecular weight is 468 g/mol.